The third kappa shape index (κ3) is 3.27. The molecular weight excluding hydrogens is 222 g/mol. The van der Waals surface area contributed by atoms with E-state index in [0.717, 1.165) is 17.0 Å². The van der Waals surface area contributed by atoms with Gasteiger partial charge in [0.1, 0.15) is 5.76 Å². The molecule has 1 heterocycles. The van der Waals surface area contributed by atoms with E-state index in [1.54, 1.807) is 6.08 Å². The molecule has 18 heavy (non-hydrogen) atoms. The molecule has 0 spiro atoms. The summed E-state index contributed by atoms with van der Waals surface area (Å²) < 4.78 is 5.76. The zero-order valence-electron chi connectivity index (χ0n) is 11.3. The molecule has 1 aliphatic rings. The molecule has 1 aromatic carbocycles. The normalized spacial score (nSPS) is 17.8. The first-order chi connectivity index (χ1) is 8.85. The molecular formula is C16H21NO. The van der Waals surface area contributed by atoms with Crippen LogP contribution in [0.15, 0.2) is 66.6 Å². The Bertz CT molecular complexity index is 432. The molecule has 0 saturated heterocycles. The monoisotopic (exact) mass is 243 g/mol. The molecule has 0 amide bonds. The van der Waals surface area contributed by atoms with Crippen LogP contribution in [0.25, 0.3) is 0 Å². The van der Waals surface area contributed by atoms with Crippen LogP contribution in [0.1, 0.15) is 32.6 Å². The minimum Gasteiger partial charge on any atom is -0.464 e. The number of benzene rings is 1. The van der Waals surface area contributed by atoms with E-state index < -0.39 is 0 Å². The average molecular weight is 243 g/mol. The first-order valence-electron chi connectivity index (χ1n) is 6.32. The van der Waals surface area contributed by atoms with Crippen LogP contribution in [0.5, 0.6) is 0 Å². The van der Waals surface area contributed by atoms with Crippen molar-refractivity contribution < 1.29 is 4.74 Å². The summed E-state index contributed by atoms with van der Waals surface area (Å²) in [6.07, 6.45) is 5.58. The molecule has 0 fully saturated rings. The van der Waals surface area contributed by atoms with Crippen molar-refractivity contribution >= 4 is 0 Å². The predicted octanol–water partition coefficient (Wildman–Crippen LogP) is 4.30. The van der Waals surface area contributed by atoms with Gasteiger partial charge in [0, 0.05) is 5.56 Å². The van der Waals surface area contributed by atoms with Crippen LogP contribution in [0.3, 0.4) is 0 Å². The van der Waals surface area contributed by atoms with Crippen LogP contribution >= 0.6 is 0 Å². The fourth-order valence-electron chi connectivity index (χ4n) is 1.67. The maximum absolute atomic E-state index is 5.76. The largest absolute Gasteiger partial charge is 0.464 e. The highest BCUT2D eigenvalue weighted by Crippen LogP contribution is 2.27. The lowest BCUT2D eigenvalue weighted by Crippen LogP contribution is -2.14. The second-order valence-corrected chi connectivity index (χ2v) is 3.53. The van der Waals surface area contributed by atoms with Gasteiger partial charge in [0.15, 0.2) is 6.23 Å². The van der Waals surface area contributed by atoms with Crippen LogP contribution < -0.4 is 5.32 Å². The molecule has 1 aliphatic heterocycles. The van der Waals surface area contributed by atoms with Crippen molar-refractivity contribution in [3.63, 3.8) is 0 Å². The Labute approximate surface area is 110 Å². The molecule has 2 heteroatoms. The van der Waals surface area contributed by atoms with E-state index >= 15 is 0 Å². The third-order valence-corrected chi connectivity index (χ3v) is 2.42. The first kappa shape index (κ1) is 14.1. The summed E-state index contributed by atoms with van der Waals surface area (Å²) in [5.74, 6) is 0.798. The van der Waals surface area contributed by atoms with E-state index in [1.165, 1.54) is 0 Å². The first-order valence-corrected chi connectivity index (χ1v) is 6.32. The molecule has 1 aromatic rings. The van der Waals surface area contributed by atoms with E-state index in [2.05, 4.69) is 11.9 Å². The Hall–Kier alpha value is -1.96. The van der Waals surface area contributed by atoms with Crippen LogP contribution in [-0.2, 0) is 4.74 Å². The Morgan fingerprint density at radius 1 is 1.22 bits per heavy atom. The highest BCUT2D eigenvalue weighted by molar-refractivity contribution is 5.33. The molecule has 1 atom stereocenters. The Morgan fingerprint density at radius 2 is 1.89 bits per heavy atom. The minimum atomic E-state index is -0.111. The summed E-state index contributed by atoms with van der Waals surface area (Å²) >= 11 is 0. The van der Waals surface area contributed by atoms with Gasteiger partial charge in [-0.25, -0.2) is 0 Å². The van der Waals surface area contributed by atoms with Gasteiger partial charge in [-0.05, 0) is 19.1 Å². The highest BCUT2D eigenvalue weighted by atomic mass is 16.5. The average Bonchev–Trinajstić information content (AvgIpc) is 2.86. The molecule has 2 rings (SSSR count). The summed E-state index contributed by atoms with van der Waals surface area (Å²) in [5.41, 5.74) is 2.09. The van der Waals surface area contributed by atoms with Gasteiger partial charge in [-0.3, -0.25) is 0 Å². The summed E-state index contributed by atoms with van der Waals surface area (Å²) in [6, 6.07) is 10.1. The lowest BCUT2D eigenvalue weighted by molar-refractivity contribution is 0.137. The molecule has 96 valence electrons. The second kappa shape index (κ2) is 7.38. The SMILES string of the molecule is C=CC1=C(/C=C\C)NC(c2ccccc2)O1.CC. The molecule has 0 saturated carbocycles. The number of rotatable bonds is 3. The fourth-order valence-corrected chi connectivity index (χ4v) is 1.67. The second-order valence-electron chi connectivity index (χ2n) is 3.53. The Balaban J connectivity index is 0.000000771. The molecule has 0 radical (unpaired) electrons. The summed E-state index contributed by atoms with van der Waals surface area (Å²) in [7, 11) is 0. The van der Waals surface area contributed by atoms with Crippen LogP contribution in [-0.4, -0.2) is 0 Å². The third-order valence-electron chi connectivity index (χ3n) is 2.42. The Kier molecular flexibility index (Phi) is 5.78. The Morgan fingerprint density at radius 3 is 2.44 bits per heavy atom. The van der Waals surface area contributed by atoms with Crippen molar-refractivity contribution in [2.45, 2.75) is 27.0 Å². The summed E-state index contributed by atoms with van der Waals surface area (Å²) in [6.45, 7) is 9.72. The zero-order valence-corrected chi connectivity index (χ0v) is 11.3. The molecule has 0 bridgehead atoms. The number of allylic oxidation sites excluding steroid dienone is 3. The number of ether oxygens (including phenoxy) is 1. The van der Waals surface area contributed by atoms with Crippen molar-refractivity contribution in [3.05, 3.63) is 72.2 Å². The van der Waals surface area contributed by atoms with E-state index in [1.807, 2.05) is 63.3 Å². The van der Waals surface area contributed by atoms with Crippen LogP contribution in [0.4, 0.5) is 0 Å². The molecule has 0 aliphatic carbocycles. The van der Waals surface area contributed by atoms with Crippen LogP contribution in [0.2, 0.25) is 0 Å². The number of hydrogen-bond donors (Lipinski definition) is 1. The van der Waals surface area contributed by atoms with Crippen molar-refractivity contribution in [2.75, 3.05) is 0 Å². The van der Waals surface area contributed by atoms with E-state index in [0.29, 0.717) is 0 Å². The minimum absolute atomic E-state index is 0.111. The van der Waals surface area contributed by atoms with Gasteiger partial charge in [0.25, 0.3) is 0 Å². The highest BCUT2D eigenvalue weighted by Gasteiger charge is 2.22. The van der Waals surface area contributed by atoms with Crippen molar-refractivity contribution in [1.82, 2.24) is 5.32 Å². The van der Waals surface area contributed by atoms with Gasteiger partial charge in [-0.2, -0.15) is 0 Å². The molecule has 1 unspecified atom stereocenters. The lowest BCUT2D eigenvalue weighted by atomic mass is 10.2. The maximum Gasteiger partial charge on any atom is 0.196 e. The van der Waals surface area contributed by atoms with Gasteiger partial charge in [0.2, 0.25) is 0 Å². The van der Waals surface area contributed by atoms with E-state index in [9.17, 15) is 0 Å². The number of hydrogen-bond acceptors (Lipinski definition) is 2. The van der Waals surface area contributed by atoms with E-state index in [4.69, 9.17) is 4.74 Å². The zero-order chi connectivity index (χ0) is 13.4. The number of nitrogens with one attached hydrogen (secondary N) is 1. The van der Waals surface area contributed by atoms with Gasteiger partial charge in [-0.1, -0.05) is 56.8 Å². The smallest absolute Gasteiger partial charge is 0.196 e. The van der Waals surface area contributed by atoms with Gasteiger partial charge >= 0.3 is 0 Å². The maximum atomic E-state index is 5.76. The molecule has 1 N–H and O–H groups in total. The van der Waals surface area contributed by atoms with Crippen molar-refractivity contribution in [3.8, 4) is 0 Å². The predicted molar refractivity (Wildman–Crippen MR) is 76.8 cm³/mol. The van der Waals surface area contributed by atoms with Crippen LogP contribution in [0, 0.1) is 0 Å². The fraction of sp³-hybridized carbons (Fsp3) is 0.250. The van der Waals surface area contributed by atoms with Gasteiger partial charge < -0.3 is 10.1 Å². The van der Waals surface area contributed by atoms with E-state index in [-0.39, 0.29) is 6.23 Å². The van der Waals surface area contributed by atoms with Crippen molar-refractivity contribution in [2.24, 2.45) is 0 Å². The topological polar surface area (TPSA) is 21.3 Å². The van der Waals surface area contributed by atoms with Gasteiger partial charge in [0.05, 0.1) is 5.70 Å². The summed E-state index contributed by atoms with van der Waals surface area (Å²) in [5, 5.41) is 3.31. The lowest BCUT2D eigenvalue weighted by Gasteiger charge is -2.12. The quantitative estimate of drug-likeness (QED) is 0.854. The molecule has 2 nitrogen and oxygen atoms in total. The van der Waals surface area contributed by atoms with Crippen molar-refractivity contribution in [1.29, 1.82) is 0 Å². The van der Waals surface area contributed by atoms with Gasteiger partial charge in [-0.15, -0.1) is 0 Å². The summed E-state index contributed by atoms with van der Waals surface area (Å²) in [4.78, 5) is 0. The standard InChI is InChI=1S/C14H15NO.C2H6/c1-3-8-12-13(4-2)16-14(15-12)11-9-6-5-7-10-11;1-2/h3-10,14-15H,2H2,1H3;1-2H3/b8-3-;. The molecule has 0 aromatic heterocycles.